The van der Waals surface area contributed by atoms with Gasteiger partial charge in [-0.1, -0.05) is 24.3 Å². The number of hydrogen-bond acceptors (Lipinski definition) is 6. The molecule has 4 aliphatic heterocycles. The second kappa shape index (κ2) is 8.80. The van der Waals surface area contributed by atoms with E-state index in [1.54, 1.807) is 35.6 Å². The molecule has 10 rings (SSSR count). The smallest absolute Gasteiger partial charge is 0.407 e. The number of imidazole rings is 1. The van der Waals surface area contributed by atoms with Crippen molar-refractivity contribution in [1.82, 2.24) is 34.2 Å². The van der Waals surface area contributed by atoms with E-state index in [1.807, 2.05) is 24.3 Å². The lowest BCUT2D eigenvalue weighted by Gasteiger charge is -2.35. The lowest BCUT2D eigenvalue weighted by atomic mass is 9.88. The number of nitrogens with zero attached hydrogens (tertiary/aromatic N) is 5. The van der Waals surface area contributed by atoms with Crippen LogP contribution in [0, 0.1) is 5.95 Å². The highest BCUT2D eigenvalue weighted by Gasteiger charge is 2.37. The van der Waals surface area contributed by atoms with Crippen LogP contribution in [0.2, 0.25) is 0 Å². The molecule has 8 heterocycles. The van der Waals surface area contributed by atoms with E-state index in [4.69, 9.17) is 9.47 Å². The van der Waals surface area contributed by atoms with Crippen molar-refractivity contribution < 1.29 is 18.7 Å². The fraction of sp³-hybridized carbons (Fsp3) is 0.333. The Morgan fingerprint density at radius 3 is 2.67 bits per heavy atom. The molecule has 0 spiro atoms. The largest absolute Gasteiger partial charge is 0.446 e. The third kappa shape index (κ3) is 3.74. The van der Waals surface area contributed by atoms with Crippen LogP contribution in [0.15, 0.2) is 41.5 Å². The van der Waals surface area contributed by atoms with Gasteiger partial charge in [-0.3, -0.25) is 13.8 Å². The summed E-state index contributed by atoms with van der Waals surface area (Å²) >= 11 is 0. The first-order valence-electron chi connectivity index (χ1n) is 12.8. The zero-order valence-electron chi connectivity index (χ0n) is 21.4. The van der Waals surface area contributed by atoms with Gasteiger partial charge >= 0.3 is 11.8 Å². The Bertz CT molecular complexity index is 1810. The Hall–Kier alpha value is -4.45. The molecule has 0 radical (unpaired) electrons. The quantitative estimate of drug-likeness (QED) is 0.342. The van der Waals surface area contributed by atoms with Crippen molar-refractivity contribution >= 4 is 28.2 Å². The highest BCUT2D eigenvalue weighted by Crippen LogP contribution is 2.43. The zero-order valence-corrected chi connectivity index (χ0v) is 21.4. The lowest BCUT2D eigenvalue weighted by Crippen LogP contribution is -2.41. The summed E-state index contributed by atoms with van der Waals surface area (Å²) in [7, 11) is 3.38. The van der Waals surface area contributed by atoms with Crippen LogP contribution in [0.1, 0.15) is 24.4 Å². The minimum Gasteiger partial charge on any atom is -0.446 e. The van der Waals surface area contributed by atoms with Crippen molar-refractivity contribution in [2.24, 2.45) is 14.1 Å². The van der Waals surface area contributed by atoms with Gasteiger partial charge in [-0.25, -0.2) is 14.6 Å². The lowest BCUT2D eigenvalue weighted by molar-refractivity contribution is 0.0204. The molecule has 200 valence electrons. The molecule has 1 saturated carbocycles. The fourth-order valence-electron chi connectivity index (χ4n) is 5.66. The molecular weight excluding hydrogens is 505 g/mol. The van der Waals surface area contributed by atoms with Crippen molar-refractivity contribution in [3.63, 3.8) is 0 Å². The summed E-state index contributed by atoms with van der Waals surface area (Å²) in [6, 6.07) is 7.65. The summed E-state index contributed by atoms with van der Waals surface area (Å²) < 4.78 is 31.1. The van der Waals surface area contributed by atoms with Gasteiger partial charge in [0, 0.05) is 51.3 Å². The average molecular weight is 532 g/mol. The predicted octanol–water partition coefficient (Wildman–Crippen LogP) is 3.38. The van der Waals surface area contributed by atoms with E-state index < -0.39 is 12.0 Å². The van der Waals surface area contributed by atoms with Crippen LogP contribution in [-0.2, 0) is 30.2 Å². The van der Waals surface area contributed by atoms with Gasteiger partial charge < -0.3 is 19.8 Å². The van der Waals surface area contributed by atoms with Gasteiger partial charge in [0.1, 0.15) is 11.8 Å². The third-order valence-corrected chi connectivity index (χ3v) is 7.66. The van der Waals surface area contributed by atoms with E-state index in [0.29, 0.717) is 60.5 Å². The van der Waals surface area contributed by atoms with Gasteiger partial charge in [-0.2, -0.15) is 4.39 Å². The van der Waals surface area contributed by atoms with Crippen LogP contribution in [0.5, 0.6) is 0 Å². The minimum absolute atomic E-state index is 0.171. The molecule has 39 heavy (non-hydrogen) atoms. The topological polar surface area (TPSA) is 121 Å². The normalized spacial score (nSPS) is 19.6. The number of hydrogen-bond donors (Lipinski definition) is 2. The molecule has 5 aromatic rings. The van der Waals surface area contributed by atoms with Crippen LogP contribution < -0.4 is 11.0 Å². The minimum atomic E-state index is -0.608. The molecule has 0 saturated heterocycles. The van der Waals surface area contributed by atoms with Crippen molar-refractivity contribution in [2.75, 3.05) is 13.2 Å². The maximum absolute atomic E-state index is 15.0. The summed E-state index contributed by atoms with van der Waals surface area (Å²) in [5, 5.41) is 7.35. The van der Waals surface area contributed by atoms with E-state index in [-0.39, 0.29) is 17.8 Å². The molecule has 0 unspecified atom stereocenters. The number of rotatable bonds is 1. The number of carbonyl (C=O) groups is 1. The van der Waals surface area contributed by atoms with Crippen molar-refractivity contribution in [3.8, 4) is 22.4 Å². The second-order valence-electron chi connectivity index (χ2n) is 10.1. The zero-order chi connectivity index (χ0) is 26.8. The number of benzene rings is 1. The fourth-order valence-corrected chi connectivity index (χ4v) is 5.66. The number of carbonyl (C=O) groups excluding carboxylic acids is 1. The monoisotopic (exact) mass is 531 g/mol. The molecule has 1 amide bonds. The first kappa shape index (κ1) is 23.7. The summed E-state index contributed by atoms with van der Waals surface area (Å²) in [6.45, 7) is 1.03. The number of H-pyrrole nitrogens is 1. The van der Waals surface area contributed by atoms with E-state index in [1.165, 1.54) is 4.68 Å². The number of ether oxygens (including phenoxy) is 2. The standard InChI is InChI=1S/C27H26FN7O4/c1-33-12-18(24(28)32-33)22-20-15-5-3-14(4-6-15)13-38-8-7-29-26(36)39-17-9-16(10-17)35-23-19(34(2)27(35)37)11-30-25(31-22)21(20)23/h3-6,11-12,16-17H,7-10,13H2,1-2H3,(H,29,36)(H,30,31). The molecule has 5 aliphatic rings. The second-order valence-corrected chi connectivity index (χ2v) is 10.1. The number of pyridine rings is 1. The highest BCUT2D eigenvalue weighted by atomic mass is 19.1. The number of aryl methyl sites for hydroxylation is 2. The van der Waals surface area contributed by atoms with Crippen LogP contribution in [-0.4, -0.2) is 54.2 Å². The van der Waals surface area contributed by atoms with Crippen LogP contribution in [0.25, 0.3) is 44.5 Å². The summed E-state index contributed by atoms with van der Waals surface area (Å²) in [6.07, 6.45) is 3.49. The number of aromatic amines is 1. The molecule has 12 heteroatoms. The molecule has 1 aromatic carbocycles. The summed E-state index contributed by atoms with van der Waals surface area (Å²) in [4.78, 5) is 33.8. The Morgan fingerprint density at radius 2 is 1.92 bits per heavy atom. The van der Waals surface area contributed by atoms with E-state index in [9.17, 15) is 9.59 Å². The molecule has 1 aliphatic carbocycles. The summed E-state index contributed by atoms with van der Waals surface area (Å²) in [5.74, 6) is -0.608. The van der Waals surface area contributed by atoms with E-state index in [2.05, 4.69) is 20.4 Å². The van der Waals surface area contributed by atoms with Gasteiger partial charge in [-0.05, 0) is 11.1 Å². The first-order chi connectivity index (χ1) is 18.9. The van der Waals surface area contributed by atoms with Crippen LogP contribution in [0.4, 0.5) is 9.18 Å². The van der Waals surface area contributed by atoms with Crippen molar-refractivity contribution in [2.45, 2.75) is 31.6 Å². The molecular formula is C27H26FN7O4. The van der Waals surface area contributed by atoms with Gasteiger partial charge in [0.15, 0.2) is 0 Å². The van der Waals surface area contributed by atoms with E-state index >= 15 is 4.39 Å². The average Bonchev–Trinajstić information content (AvgIpc) is 3.52. The van der Waals surface area contributed by atoms with Gasteiger partial charge in [0.2, 0.25) is 5.95 Å². The SMILES string of the molecule is Cn1cc(-c2[nH]c3ncc4c5c3c2-c2ccc(cc2)COCCNC(=O)OC2CC(C2)n5c(=O)n4C)c(F)n1. The number of aromatic nitrogens is 6. The molecule has 4 bridgehead atoms. The Balaban J connectivity index is 1.52. The predicted molar refractivity (Wildman–Crippen MR) is 141 cm³/mol. The van der Waals surface area contributed by atoms with Gasteiger partial charge in [0.25, 0.3) is 0 Å². The van der Waals surface area contributed by atoms with Gasteiger partial charge in [-0.15, -0.1) is 5.10 Å². The number of amides is 1. The molecule has 0 atom stereocenters. The molecule has 1 fully saturated rings. The summed E-state index contributed by atoms with van der Waals surface area (Å²) in [5.41, 5.74) is 5.06. The molecule has 4 aromatic heterocycles. The maximum atomic E-state index is 15.0. The number of alkyl carbamates (subject to hydrolysis) is 1. The van der Waals surface area contributed by atoms with Crippen molar-refractivity contribution in [1.29, 1.82) is 0 Å². The Morgan fingerprint density at radius 1 is 1.13 bits per heavy atom. The highest BCUT2D eigenvalue weighted by molar-refractivity contribution is 6.14. The van der Waals surface area contributed by atoms with Gasteiger partial charge in [0.05, 0.1) is 47.1 Å². The molecule has 2 N–H and O–H groups in total. The Labute approximate surface area is 221 Å². The van der Waals surface area contributed by atoms with E-state index in [0.717, 1.165) is 22.1 Å². The number of nitrogens with one attached hydrogen (secondary N) is 2. The van der Waals surface area contributed by atoms with Crippen LogP contribution in [0.3, 0.4) is 0 Å². The van der Waals surface area contributed by atoms with Crippen LogP contribution >= 0.6 is 0 Å². The third-order valence-electron chi connectivity index (χ3n) is 7.66. The van der Waals surface area contributed by atoms with Crippen molar-refractivity contribution in [3.05, 3.63) is 58.7 Å². The molecule has 11 nitrogen and oxygen atoms in total. The first-order valence-corrected chi connectivity index (χ1v) is 12.8. The Kier molecular flexibility index (Phi) is 5.34. The maximum Gasteiger partial charge on any atom is 0.407 e. The number of halogens is 1.